The molecule has 2 heterocycles. The number of benzene rings is 1. The number of carbonyl (C=O) groups excluding carboxylic acids is 3. The zero-order chi connectivity index (χ0) is 16.2. The van der Waals surface area contributed by atoms with Crippen LogP contribution in [0, 0.1) is 5.92 Å². The van der Waals surface area contributed by atoms with E-state index < -0.39 is 11.6 Å². The van der Waals surface area contributed by atoms with E-state index in [0.717, 1.165) is 12.0 Å². The first-order valence-electron chi connectivity index (χ1n) is 7.67. The fourth-order valence-electron chi connectivity index (χ4n) is 3.64. The normalized spacial score (nSPS) is 32.1. The van der Waals surface area contributed by atoms with Crippen molar-refractivity contribution in [3.05, 3.63) is 34.9 Å². The summed E-state index contributed by atoms with van der Waals surface area (Å²) in [5, 5.41) is 5.60. The highest BCUT2D eigenvalue weighted by molar-refractivity contribution is 6.31. The molecular weight excluding hydrogens is 318 g/mol. The van der Waals surface area contributed by atoms with Crippen LogP contribution in [0.3, 0.4) is 0 Å². The Morgan fingerprint density at radius 2 is 2.09 bits per heavy atom. The monoisotopic (exact) mass is 333 g/mol. The van der Waals surface area contributed by atoms with Crippen molar-refractivity contribution in [2.75, 3.05) is 13.1 Å². The first-order valence-corrected chi connectivity index (χ1v) is 8.05. The number of carbonyl (C=O) groups is 3. The third kappa shape index (κ3) is 2.28. The minimum absolute atomic E-state index is 0.0424. The van der Waals surface area contributed by atoms with Gasteiger partial charge in [-0.25, -0.2) is 4.79 Å². The van der Waals surface area contributed by atoms with Crippen molar-refractivity contribution in [3.8, 4) is 0 Å². The van der Waals surface area contributed by atoms with E-state index in [9.17, 15) is 14.4 Å². The van der Waals surface area contributed by atoms with Crippen LogP contribution in [0.15, 0.2) is 24.3 Å². The van der Waals surface area contributed by atoms with Crippen LogP contribution in [-0.4, -0.2) is 41.4 Å². The molecule has 2 aliphatic heterocycles. The summed E-state index contributed by atoms with van der Waals surface area (Å²) < 4.78 is 0. The van der Waals surface area contributed by atoms with E-state index in [1.54, 1.807) is 4.90 Å². The average molecular weight is 334 g/mol. The van der Waals surface area contributed by atoms with Crippen LogP contribution in [0.4, 0.5) is 4.79 Å². The minimum Gasteiger partial charge on any atom is -0.339 e. The van der Waals surface area contributed by atoms with Gasteiger partial charge in [0.25, 0.3) is 5.91 Å². The molecule has 1 aromatic rings. The Labute approximate surface area is 138 Å². The molecule has 4 rings (SSSR count). The maximum atomic E-state index is 12.7. The quantitative estimate of drug-likeness (QED) is 0.800. The molecule has 0 radical (unpaired) electrons. The third-order valence-electron chi connectivity index (χ3n) is 5.01. The molecule has 1 aliphatic carbocycles. The maximum Gasteiger partial charge on any atom is 0.322 e. The molecule has 2 N–H and O–H groups in total. The van der Waals surface area contributed by atoms with E-state index in [1.165, 1.54) is 0 Å². The molecule has 1 saturated carbocycles. The first kappa shape index (κ1) is 14.5. The van der Waals surface area contributed by atoms with Gasteiger partial charge in [-0.2, -0.15) is 0 Å². The van der Waals surface area contributed by atoms with Crippen LogP contribution in [0.1, 0.15) is 24.3 Å². The van der Waals surface area contributed by atoms with Crippen LogP contribution >= 0.6 is 11.6 Å². The molecule has 3 fully saturated rings. The summed E-state index contributed by atoms with van der Waals surface area (Å²) in [5.41, 5.74) is 0.0648. The number of urea groups is 1. The number of hydrogen-bond donors (Lipinski definition) is 2. The predicted molar refractivity (Wildman–Crippen MR) is 82.9 cm³/mol. The second-order valence-electron chi connectivity index (χ2n) is 6.47. The zero-order valence-corrected chi connectivity index (χ0v) is 13.1. The fraction of sp³-hybridized carbons (Fsp3) is 0.438. The molecule has 3 atom stereocenters. The molecule has 1 spiro atoms. The van der Waals surface area contributed by atoms with Gasteiger partial charge < -0.3 is 10.2 Å². The number of nitrogens with one attached hydrogen (secondary N) is 2. The Morgan fingerprint density at radius 1 is 1.30 bits per heavy atom. The maximum absolute atomic E-state index is 12.7. The lowest BCUT2D eigenvalue weighted by Gasteiger charge is -2.21. The van der Waals surface area contributed by atoms with E-state index in [0.29, 0.717) is 18.0 Å². The molecule has 7 heteroatoms. The van der Waals surface area contributed by atoms with Gasteiger partial charge in [0.2, 0.25) is 5.91 Å². The topological polar surface area (TPSA) is 78.5 Å². The van der Waals surface area contributed by atoms with Crippen LogP contribution in [0.5, 0.6) is 0 Å². The molecule has 1 aromatic carbocycles. The van der Waals surface area contributed by atoms with Gasteiger partial charge in [0, 0.05) is 17.5 Å². The van der Waals surface area contributed by atoms with Crippen molar-refractivity contribution in [1.82, 2.24) is 15.5 Å². The van der Waals surface area contributed by atoms with Crippen molar-refractivity contribution < 1.29 is 14.4 Å². The Balaban J connectivity index is 1.45. The Hall–Kier alpha value is -2.08. The molecule has 0 bridgehead atoms. The molecule has 2 saturated heterocycles. The van der Waals surface area contributed by atoms with Gasteiger partial charge in [-0.3, -0.25) is 14.9 Å². The van der Waals surface area contributed by atoms with Crippen molar-refractivity contribution in [3.63, 3.8) is 0 Å². The number of hydrogen-bond acceptors (Lipinski definition) is 3. The number of halogens is 1. The highest BCUT2D eigenvalue weighted by atomic mass is 35.5. The molecular formula is C16H16ClN3O3. The van der Waals surface area contributed by atoms with Crippen molar-refractivity contribution in [2.24, 2.45) is 5.92 Å². The number of likely N-dealkylation sites (tertiary alicyclic amines) is 1. The van der Waals surface area contributed by atoms with Crippen LogP contribution in [-0.2, 0) is 9.59 Å². The van der Waals surface area contributed by atoms with Crippen molar-refractivity contribution in [2.45, 2.75) is 24.3 Å². The summed E-state index contributed by atoms with van der Waals surface area (Å²) in [6.07, 6.45) is 1.24. The zero-order valence-electron chi connectivity index (χ0n) is 12.3. The van der Waals surface area contributed by atoms with Gasteiger partial charge in [0.1, 0.15) is 5.54 Å². The molecule has 0 unspecified atom stereocenters. The second kappa shape index (κ2) is 4.96. The highest BCUT2D eigenvalue weighted by Crippen LogP contribution is 2.50. The number of amides is 4. The van der Waals surface area contributed by atoms with Crippen LogP contribution in [0.25, 0.3) is 0 Å². The van der Waals surface area contributed by atoms with Crippen molar-refractivity contribution >= 4 is 29.4 Å². The lowest BCUT2D eigenvalue weighted by atomic mass is 9.99. The first-order chi connectivity index (χ1) is 11.0. The third-order valence-corrected chi connectivity index (χ3v) is 5.35. The van der Waals surface area contributed by atoms with E-state index in [4.69, 9.17) is 11.6 Å². The van der Waals surface area contributed by atoms with Crippen LogP contribution < -0.4 is 10.6 Å². The number of rotatable bonds is 2. The van der Waals surface area contributed by atoms with Gasteiger partial charge in [0.15, 0.2) is 0 Å². The van der Waals surface area contributed by atoms with E-state index >= 15 is 0 Å². The highest BCUT2D eigenvalue weighted by Gasteiger charge is 2.54. The SMILES string of the molecule is O=C1NC(=O)[C@]2(CCN(C(=O)[C@H]3C[C@H]3c3ccccc3Cl)C2)N1. The molecule has 4 amide bonds. The van der Waals surface area contributed by atoms with Gasteiger partial charge >= 0.3 is 6.03 Å². The summed E-state index contributed by atoms with van der Waals surface area (Å²) in [6.45, 7) is 0.730. The van der Waals surface area contributed by atoms with E-state index in [1.807, 2.05) is 24.3 Å². The Bertz CT molecular complexity index is 722. The number of imide groups is 1. The molecule has 120 valence electrons. The van der Waals surface area contributed by atoms with E-state index in [2.05, 4.69) is 10.6 Å². The smallest absolute Gasteiger partial charge is 0.322 e. The minimum atomic E-state index is -0.943. The Morgan fingerprint density at radius 3 is 2.78 bits per heavy atom. The summed E-state index contributed by atoms with van der Waals surface area (Å²) in [6, 6.07) is 7.10. The summed E-state index contributed by atoms with van der Waals surface area (Å²) in [5.74, 6) is -0.220. The summed E-state index contributed by atoms with van der Waals surface area (Å²) in [4.78, 5) is 37.7. The van der Waals surface area contributed by atoms with Gasteiger partial charge in [-0.15, -0.1) is 0 Å². The summed E-state index contributed by atoms with van der Waals surface area (Å²) in [7, 11) is 0. The van der Waals surface area contributed by atoms with Gasteiger partial charge in [-0.05, 0) is 30.4 Å². The Kier molecular flexibility index (Phi) is 3.13. The fourth-order valence-corrected chi connectivity index (χ4v) is 3.91. The van der Waals surface area contributed by atoms with Gasteiger partial charge in [-0.1, -0.05) is 29.8 Å². The molecule has 23 heavy (non-hydrogen) atoms. The second-order valence-corrected chi connectivity index (χ2v) is 6.88. The summed E-state index contributed by atoms with van der Waals surface area (Å²) >= 11 is 6.20. The predicted octanol–water partition coefficient (Wildman–Crippen LogP) is 1.25. The van der Waals surface area contributed by atoms with Gasteiger partial charge in [0.05, 0.1) is 6.54 Å². The lowest BCUT2D eigenvalue weighted by Crippen LogP contribution is -2.49. The standard InChI is InChI=1S/C16H16ClN3O3/c17-12-4-2-1-3-9(12)10-7-11(10)13(21)20-6-5-16(8-20)14(22)18-15(23)19-16/h1-4,10-11H,5-8H2,(H2,18,19,22,23)/t10-,11-,16+/m0/s1. The van der Waals surface area contributed by atoms with E-state index in [-0.39, 0.29) is 30.2 Å². The number of nitrogens with zero attached hydrogens (tertiary/aromatic N) is 1. The lowest BCUT2D eigenvalue weighted by molar-refractivity contribution is -0.132. The largest absolute Gasteiger partial charge is 0.339 e. The molecule has 6 nitrogen and oxygen atoms in total. The average Bonchev–Trinajstić information content (AvgIpc) is 3.11. The molecule has 3 aliphatic rings. The van der Waals surface area contributed by atoms with Crippen molar-refractivity contribution in [1.29, 1.82) is 0 Å². The molecule has 0 aromatic heterocycles. The van der Waals surface area contributed by atoms with Crippen LogP contribution in [0.2, 0.25) is 5.02 Å².